The molecule has 4 aromatic heterocycles. The summed E-state index contributed by atoms with van der Waals surface area (Å²) in [4.78, 5) is 10.8. The second kappa shape index (κ2) is 10.8. The Hall–Kier alpha value is -6.98. The Morgan fingerprint density at radius 1 is 0.314 bits per heavy atom. The first-order chi connectivity index (χ1) is 25.3. The summed E-state index contributed by atoms with van der Waals surface area (Å²) < 4.78 is 6.85. The molecule has 4 heterocycles. The highest BCUT2D eigenvalue weighted by Gasteiger charge is 2.20. The van der Waals surface area contributed by atoms with Gasteiger partial charge in [0.2, 0.25) is 5.95 Å². The first kappa shape index (κ1) is 27.9. The summed E-state index contributed by atoms with van der Waals surface area (Å²) in [5.41, 5.74) is 9.66. The van der Waals surface area contributed by atoms with E-state index in [0.29, 0.717) is 5.95 Å². The van der Waals surface area contributed by atoms with Crippen LogP contribution in [0.5, 0.6) is 0 Å². The van der Waals surface area contributed by atoms with E-state index in [9.17, 15) is 0 Å². The molecular formula is C46H29N5. The lowest BCUT2D eigenvalue weighted by Crippen LogP contribution is -2.07. The van der Waals surface area contributed by atoms with Crippen molar-refractivity contribution in [2.45, 2.75) is 0 Å². The summed E-state index contributed by atoms with van der Waals surface area (Å²) in [6, 6.07) is 62.4. The molecule has 0 saturated heterocycles. The Bertz CT molecular complexity index is 2870. The van der Waals surface area contributed by atoms with Gasteiger partial charge in [0.25, 0.3) is 0 Å². The second-order valence-electron chi connectivity index (χ2n) is 13.1. The second-order valence-corrected chi connectivity index (χ2v) is 13.1. The average Bonchev–Trinajstić information content (AvgIpc) is 3.84. The molecular weight excluding hydrogens is 623 g/mol. The van der Waals surface area contributed by atoms with Crippen LogP contribution >= 0.6 is 0 Å². The van der Waals surface area contributed by atoms with E-state index in [1.807, 2.05) is 0 Å². The van der Waals surface area contributed by atoms with Gasteiger partial charge in [-0.3, -0.25) is 9.13 Å². The SMILES string of the molecule is c1cc(-c2cc(-n3c4ccccc4c4ccccc43)nc(-n3c4ccccc4c4ccccc43)n2)cc(-n2c3ccccc3c3ccccc32)c1. The van der Waals surface area contributed by atoms with Crippen molar-refractivity contribution in [2.24, 2.45) is 0 Å². The maximum Gasteiger partial charge on any atom is 0.237 e. The zero-order chi connectivity index (χ0) is 33.5. The van der Waals surface area contributed by atoms with Crippen LogP contribution in [-0.2, 0) is 0 Å². The standard InChI is InChI=1S/C46H29N5/c1-7-22-39-32(16-1)33-17-2-8-23-40(33)49(39)31-15-13-14-30(28-31)38-29-45(50-41-24-9-3-18-34(41)35-19-4-10-25-42(35)50)48-46(47-38)51-43-26-11-5-20-36(43)37-21-6-12-27-44(37)51/h1-29H. The van der Waals surface area contributed by atoms with Crippen molar-refractivity contribution in [3.8, 4) is 28.7 Å². The molecule has 238 valence electrons. The van der Waals surface area contributed by atoms with Gasteiger partial charge < -0.3 is 4.57 Å². The van der Waals surface area contributed by atoms with Gasteiger partial charge in [0.1, 0.15) is 5.82 Å². The van der Waals surface area contributed by atoms with E-state index in [1.54, 1.807) is 0 Å². The van der Waals surface area contributed by atoms with Crippen LogP contribution in [0.25, 0.3) is 94.1 Å². The van der Waals surface area contributed by atoms with Crippen LogP contribution < -0.4 is 0 Å². The summed E-state index contributed by atoms with van der Waals surface area (Å²) in [6.45, 7) is 0. The lowest BCUT2D eigenvalue weighted by atomic mass is 10.1. The maximum absolute atomic E-state index is 5.41. The van der Waals surface area contributed by atoms with E-state index in [-0.39, 0.29) is 0 Å². The Labute approximate surface area is 292 Å². The summed E-state index contributed by atoms with van der Waals surface area (Å²) in [5, 5.41) is 7.22. The minimum Gasteiger partial charge on any atom is -0.309 e. The fraction of sp³-hybridized carbons (Fsp3) is 0. The predicted octanol–water partition coefficient (Wildman–Crippen LogP) is 11.4. The molecule has 0 amide bonds. The smallest absolute Gasteiger partial charge is 0.237 e. The molecule has 51 heavy (non-hydrogen) atoms. The highest BCUT2D eigenvalue weighted by Crippen LogP contribution is 2.37. The van der Waals surface area contributed by atoms with E-state index in [4.69, 9.17) is 9.97 Å². The molecule has 0 aliphatic heterocycles. The van der Waals surface area contributed by atoms with Crippen molar-refractivity contribution in [1.82, 2.24) is 23.7 Å². The van der Waals surface area contributed by atoms with Crippen LogP contribution in [0, 0.1) is 0 Å². The largest absolute Gasteiger partial charge is 0.309 e. The summed E-state index contributed by atoms with van der Waals surface area (Å²) in [7, 11) is 0. The van der Waals surface area contributed by atoms with Gasteiger partial charge in [0.15, 0.2) is 0 Å². The van der Waals surface area contributed by atoms with E-state index >= 15 is 0 Å². The Morgan fingerprint density at radius 3 is 1.16 bits per heavy atom. The number of hydrogen-bond acceptors (Lipinski definition) is 2. The van der Waals surface area contributed by atoms with Gasteiger partial charge in [0, 0.05) is 49.6 Å². The number of para-hydroxylation sites is 6. The number of hydrogen-bond donors (Lipinski definition) is 0. The van der Waals surface area contributed by atoms with Crippen LogP contribution in [0.3, 0.4) is 0 Å². The van der Waals surface area contributed by atoms with Gasteiger partial charge in [-0.1, -0.05) is 121 Å². The Kier molecular flexibility index (Phi) is 5.89. The predicted molar refractivity (Wildman–Crippen MR) is 210 cm³/mol. The maximum atomic E-state index is 5.41. The molecule has 0 bridgehead atoms. The zero-order valence-electron chi connectivity index (χ0n) is 27.5. The van der Waals surface area contributed by atoms with Crippen LogP contribution in [0.15, 0.2) is 176 Å². The van der Waals surface area contributed by atoms with E-state index in [0.717, 1.165) is 44.8 Å². The number of benzene rings is 7. The summed E-state index contributed by atoms with van der Waals surface area (Å²) >= 11 is 0. The van der Waals surface area contributed by atoms with Crippen molar-refractivity contribution in [1.29, 1.82) is 0 Å². The molecule has 5 nitrogen and oxygen atoms in total. The molecule has 0 unspecified atom stereocenters. The molecule has 0 atom stereocenters. The first-order valence-corrected chi connectivity index (χ1v) is 17.3. The molecule has 5 heteroatoms. The van der Waals surface area contributed by atoms with Crippen molar-refractivity contribution in [2.75, 3.05) is 0 Å². The Morgan fingerprint density at radius 2 is 0.706 bits per heavy atom. The average molecular weight is 652 g/mol. The molecule has 0 fully saturated rings. The minimum atomic E-state index is 0.629. The Balaban J connectivity index is 1.22. The monoisotopic (exact) mass is 651 g/mol. The quantitative estimate of drug-likeness (QED) is 0.190. The summed E-state index contributed by atoms with van der Waals surface area (Å²) in [5.74, 6) is 1.44. The van der Waals surface area contributed by atoms with E-state index in [1.165, 1.54) is 43.4 Å². The van der Waals surface area contributed by atoms with E-state index in [2.05, 4.69) is 190 Å². The number of fused-ring (bicyclic) bond motifs is 9. The van der Waals surface area contributed by atoms with Gasteiger partial charge in [-0.15, -0.1) is 0 Å². The third-order valence-corrected chi connectivity index (χ3v) is 10.3. The fourth-order valence-corrected chi connectivity index (χ4v) is 8.10. The van der Waals surface area contributed by atoms with Crippen molar-refractivity contribution in [3.63, 3.8) is 0 Å². The zero-order valence-corrected chi connectivity index (χ0v) is 27.5. The van der Waals surface area contributed by atoms with Gasteiger partial charge >= 0.3 is 0 Å². The molecule has 0 radical (unpaired) electrons. The van der Waals surface area contributed by atoms with Gasteiger partial charge in [-0.2, -0.15) is 4.98 Å². The number of rotatable bonds is 4. The number of aromatic nitrogens is 5. The number of nitrogens with zero attached hydrogens (tertiary/aromatic N) is 5. The molecule has 0 spiro atoms. The van der Waals surface area contributed by atoms with Gasteiger partial charge in [0.05, 0.1) is 38.8 Å². The molecule has 11 aromatic rings. The molecule has 0 saturated carbocycles. The van der Waals surface area contributed by atoms with Crippen molar-refractivity contribution >= 4 is 65.4 Å². The first-order valence-electron chi connectivity index (χ1n) is 17.3. The van der Waals surface area contributed by atoms with Crippen molar-refractivity contribution in [3.05, 3.63) is 176 Å². The normalized spacial score (nSPS) is 11.9. The molecule has 11 rings (SSSR count). The summed E-state index contributed by atoms with van der Waals surface area (Å²) in [6.07, 6.45) is 0. The fourth-order valence-electron chi connectivity index (χ4n) is 8.10. The third kappa shape index (κ3) is 4.09. The molecule has 7 aromatic carbocycles. The van der Waals surface area contributed by atoms with Crippen LogP contribution in [0.2, 0.25) is 0 Å². The van der Waals surface area contributed by atoms with Crippen LogP contribution in [0.4, 0.5) is 0 Å². The third-order valence-electron chi connectivity index (χ3n) is 10.3. The minimum absolute atomic E-state index is 0.629. The lowest BCUT2D eigenvalue weighted by molar-refractivity contribution is 0.952. The molecule has 0 aliphatic rings. The van der Waals surface area contributed by atoms with Gasteiger partial charge in [-0.05, 0) is 48.5 Å². The highest BCUT2D eigenvalue weighted by atomic mass is 15.2. The van der Waals surface area contributed by atoms with Crippen molar-refractivity contribution < 1.29 is 0 Å². The van der Waals surface area contributed by atoms with E-state index < -0.39 is 0 Å². The van der Waals surface area contributed by atoms with Crippen LogP contribution in [0.1, 0.15) is 0 Å². The van der Waals surface area contributed by atoms with Crippen LogP contribution in [-0.4, -0.2) is 23.7 Å². The molecule has 0 aliphatic carbocycles. The lowest BCUT2D eigenvalue weighted by Gasteiger charge is -2.14. The molecule has 0 N–H and O–H groups in total. The van der Waals surface area contributed by atoms with Gasteiger partial charge in [-0.25, -0.2) is 4.98 Å². The topological polar surface area (TPSA) is 40.6 Å². The highest BCUT2D eigenvalue weighted by molar-refractivity contribution is 6.11.